The van der Waals surface area contributed by atoms with Crippen LogP contribution in [0.5, 0.6) is 5.75 Å². The first-order chi connectivity index (χ1) is 15.4. The van der Waals surface area contributed by atoms with Gasteiger partial charge in [-0.05, 0) is 55.8 Å². The summed E-state index contributed by atoms with van der Waals surface area (Å²) in [7, 11) is -3.60. The molecule has 0 spiro atoms. The molecule has 3 aromatic rings. The molecule has 4 rings (SSSR count). The van der Waals surface area contributed by atoms with Crippen LogP contribution in [0.1, 0.15) is 11.3 Å². The zero-order valence-corrected chi connectivity index (χ0v) is 18.4. The largest absolute Gasteiger partial charge is 0.489 e. The highest BCUT2D eigenvalue weighted by Crippen LogP contribution is 2.25. The summed E-state index contributed by atoms with van der Waals surface area (Å²) in [6.07, 6.45) is 0. The van der Waals surface area contributed by atoms with Crippen molar-refractivity contribution in [2.75, 3.05) is 18.8 Å². The van der Waals surface area contributed by atoms with Crippen LogP contribution < -0.4 is 15.5 Å². The van der Waals surface area contributed by atoms with Crippen LogP contribution >= 0.6 is 0 Å². The Hall–Kier alpha value is -3.01. The van der Waals surface area contributed by atoms with E-state index in [0.29, 0.717) is 25.4 Å². The Bertz CT molecular complexity index is 1230. The van der Waals surface area contributed by atoms with Gasteiger partial charge in [-0.1, -0.05) is 18.2 Å². The van der Waals surface area contributed by atoms with E-state index >= 15 is 0 Å². The highest BCUT2D eigenvalue weighted by atomic mass is 32.2. The van der Waals surface area contributed by atoms with Crippen LogP contribution in [-0.2, 0) is 21.2 Å². The van der Waals surface area contributed by atoms with Gasteiger partial charge in [-0.25, -0.2) is 13.9 Å². The molecule has 3 N–H and O–H groups in total. The molecule has 0 bridgehead atoms. The summed E-state index contributed by atoms with van der Waals surface area (Å²) in [5.41, 5.74) is 4.43. The number of carbonyl (C=O) groups excluding carboxylic acids is 1. The fourth-order valence-electron chi connectivity index (χ4n) is 4.09. The van der Waals surface area contributed by atoms with Crippen molar-refractivity contribution in [3.8, 4) is 5.75 Å². The standard InChI is InChI=1S/C23H25N3O5S/c1-15-10-16(20-4-2-3-5-22(20)25-15)13-31-18-6-8-19(9-7-18)32(29,30)14-17-11-24-12-21(17)23(27)26-28/h2-10,17,21,24,28H,11-14H2,1H3,(H,26,27)/t17-,21+/m1/s1. The van der Waals surface area contributed by atoms with Gasteiger partial charge >= 0.3 is 0 Å². The highest BCUT2D eigenvalue weighted by molar-refractivity contribution is 7.91. The van der Waals surface area contributed by atoms with Crippen molar-refractivity contribution in [1.29, 1.82) is 0 Å². The van der Waals surface area contributed by atoms with E-state index in [0.717, 1.165) is 22.2 Å². The molecule has 1 amide bonds. The Balaban J connectivity index is 1.45. The lowest BCUT2D eigenvalue weighted by Gasteiger charge is -2.17. The van der Waals surface area contributed by atoms with Gasteiger partial charge in [0.2, 0.25) is 5.91 Å². The molecule has 0 radical (unpaired) electrons. The number of ether oxygens (including phenoxy) is 1. The second-order valence-corrected chi connectivity index (χ2v) is 10.0. The number of nitrogens with one attached hydrogen (secondary N) is 2. The summed E-state index contributed by atoms with van der Waals surface area (Å²) in [6.45, 7) is 3.01. The van der Waals surface area contributed by atoms with Gasteiger partial charge in [0.05, 0.1) is 22.1 Å². The first-order valence-corrected chi connectivity index (χ1v) is 12.0. The monoisotopic (exact) mass is 455 g/mol. The maximum atomic E-state index is 12.8. The zero-order valence-electron chi connectivity index (χ0n) is 17.6. The van der Waals surface area contributed by atoms with Gasteiger partial charge in [0.15, 0.2) is 9.84 Å². The third-order valence-corrected chi connectivity index (χ3v) is 7.58. The van der Waals surface area contributed by atoms with Gasteiger partial charge in [-0.2, -0.15) is 0 Å². The van der Waals surface area contributed by atoms with Gasteiger partial charge < -0.3 is 10.1 Å². The molecule has 0 aliphatic carbocycles. The predicted molar refractivity (Wildman–Crippen MR) is 119 cm³/mol. The van der Waals surface area contributed by atoms with Crippen LogP contribution in [0.2, 0.25) is 0 Å². The topological polar surface area (TPSA) is 118 Å². The van der Waals surface area contributed by atoms with Gasteiger partial charge in [-0.15, -0.1) is 0 Å². The van der Waals surface area contributed by atoms with E-state index < -0.39 is 27.6 Å². The first-order valence-electron chi connectivity index (χ1n) is 10.3. The minimum Gasteiger partial charge on any atom is -0.489 e. The SMILES string of the molecule is Cc1cc(COc2ccc(S(=O)(=O)C[C@H]3CNC[C@@H]3C(=O)NO)cc2)c2ccccc2n1. The van der Waals surface area contributed by atoms with E-state index in [4.69, 9.17) is 9.94 Å². The normalized spacial score (nSPS) is 18.6. The molecule has 1 aliphatic rings. The van der Waals surface area contributed by atoms with Gasteiger partial charge in [-0.3, -0.25) is 15.0 Å². The zero-order chi connectivity index (χ0) is 22.7. The van der Waals surface area contributed by atoms with Crippen LogP contribution in [0.15, 0.2) is 59.5 Å². The van der Waals surface area contributed by atoms with Gasteiger partial charge in [0.25, 0.3) is 0 Å². The number of sulfone groups is 1. The number of aryl methyl sites for hydroxylation is 1. The van der Waals surface area contributed by atoms with Gasteiger partial charge in [0, 0.05) is 23.2 Å². The Kier molecular flexibility index (Phi) is 6.40. The Morgan fingerprint density at radius 1 is 1.19 bits per heavy atom. The maximum Gasteiger partial charge on any atom is 0.248 e. The number of hydrogen-bond acceptors (Lipinski definition) is 7. The summed E-state index contributed by atoms with van der Waals surface area (Å²) in [5.74, 6) is -1.19. The molecule has 1 aromatic heterocycles. The molecule has 9 heteroatoms. The van der Waals surface area contributed by atoms with Crippen molar-refractivity contribution in [3.63, 3.8) is 0 Å². The second-order valence-electron chi connectivity index (χ2n) is 7.98. The Morgan fingerprint density at radius 3 is 2.69 bits per heavy atom. The fourth-order valence-corrected chi connectivity index (χ4v) is 5.75. The number of hydrogen-bond donors (Lipinski definition) is 3. The van der Waals surface area contributed by atoms with Crippen LogP contribution in [0.4, 0.5) is 0 Å². The smallest absolute Gasteiger partial charge is 0.248 e. The quantitative estimate of drug-likeness (QED) is 0.369. The summed E-state index contributed by atoms with van der Waals surface area (Å²) in [6, 6.07) is 16.1. The predicted octanol–water partition coefficient (Wildman–Crippen LogP) is 2.24. The van der Waals surface area contributed by atoms with Crippen molar-refractivity contribution in [2.24, 2.45) is 11.8 Å². The van der Waals surface area contributed by atoms with Crippen molar-refractivity contribution in [2.45, 2.75) is 18.4 Å². The molecule has 8 nitrogen and oxygen atoms in total. The summed E-state index contributed by atoms with van der Waals surface area (Å²) in [5, 5.41) is 12.9. The number of carbonyl (C=O) groups is 1. The van der Waals surface area contributed by atoms with Crippen LogP contribution in [0.25, 0.3) is 10.9 Å². The summed E-state index contributed by atoms with van der Waals surface area (Å²) >= 11 is 0. The van der Waals surface area contributed by atoms with Gasteiger partial charge in [0.1, 0.15) is 12.4 Å². The molecule has 1 aliphatic heterocycles. The molecule has 1 saturated heterocycles. The molecule has 1 fully saturated rings. The lowest BCUT2D eigenvalue weighted by molar-refractivity contribution is -0.133. The van der Waals surface area contributed by atoms with Crippen molar-refractivity contribution in [1.82, 2.24) is 15.8 Å². The van der Waals surface area contributed by atoms with E-state index in [2.05, 4.69) is 10.3 Å². The number of aromatic nitrogens is 1. The molecular weight excluding hydrogens is 430 g/mol. The number of nitrogens with zero attached hydrogens (tertiary/aromatic N) is 1. The Labute approximate surface area is 186 Å². The van der Waals surface area contributed by atoms with E-state index in [1.807, 2.05) is 37.3 Å². The van der Waals surface area contributed by atoms with Crippen LogP contribution in [-0.4, -0.2) is 43.4 Å². The minimum atomic E-state index is -3.60. The van der Waals surface area contributed by atoms with E-state index in [-0.39, 0.29) is 10.6 Å². The molecule has 2 aromatic carbocycles. The number of fused-ring (bicyclic) bond motifs is 1. The average Bonchev–Trinajstić information content (AvgIpc) is 3.24. The average molecular weight is 456 g/mol. The van der Waals surface area contributed by atoms with E-state index in [9.17, 15) is 13.2 Å². The number of para-hydroxylation sites is 1. The molecule has 32 heavy (non-hydrogen) atoms. The lowest BCUT2D eigenvalue weighted by Crippen LogP contribution is -2.35. The highest BCUT2D eigenvalue weighted by Gasteiger charge is 2.36. The van der Waals surface area contributed by atoms with Crippen molar-refractivity contribution < 1.29 is 23.2 Å². The fraction of sp³-hybridized carbons (Fsp3) is 0.304. The number of rotatable bonds is 7. The molecule has 0 saturated carbocycles. The van der Waals surface area contributed by atoms with Crippen LogP contribution in [0.3, 0.4) is 0 Å². The molecule has 168 valence electrons. The van der Waals surface area contributed by atoms with E-state index in [1.165, 1.54) is 12.1 Å². The summed E-state index contributed by atoms with van der Waals surface area (Å²) < 4.78 is 31.6. The maximum absolute atomic E-state index is 12.8. The number of amides is 1. The number of pyridine rings is 1. The number of benzene rings is 2. The molecular formula is C23H25N3O5S. The third-order valence-electron chi connectivity index (χ3n) is 5.73. The summed E-state index contributed by atoms with van der Waals surface area (Å²) in [4.78, 5) is 16.5. The van der Waals surface area contributed by atoms with Crippen LogP contribution in [0, 0.1) is 18.8 Å². The van der Waals surface area contributed by atoms with Crippen molar-refractivity contribution in [3.05, 3.63) is 65.9 Å². The minimum absolute atomic E-state index is 0.171. The van der Waals surface area contributed by atoms with E-state index in [1.54, 1.807) is 17.6 Å². The molecule has 0 unspecified atom stereocenters. The molecule has 2 heterocycles. The third kappa shape index (κ3) is 4.74. The molecule has 2 atom stereocenters. The van der Waals surface area contributed by atoms with Crippen molar-refractivity contribution >= 4 is 26.6 Å². The first kappa shape index (κ1) is 22.2. The Morgan fingerprint density at radius 2 is 1.94 bits per heavy atom. The lowest BCUT2D eigenvalue weighted by atomic mass is 9.97. The second kappa shape index (κ2) is 9.23. The number of hydroxylamine groups is 1.